The van der Waals surface area contributed by atoms with Gasteiger partial charge in [-0.25, -0.2) is 5.43 Å². The van der Waals surface area contributed by atoms with Gasteiger partial charge < -0.3 is 9.90 Å². The summed E-state index contributed by atoms with van der Waals surface area (Å²) in [5.74, 6) is -1.08. The van der Waals surface area contributed by atoms with Crippen LogP contribution in [0.15, 0.2) is 5.70 Å². The average molecular weight is 210 g/mol. The van der Waals surface area contributed by atoms with Gasteiger partial charge in [0.25, 0.3) is 5.70 Å². The Kier molecular flexibility index (Phi) is 5.08. The van der Waals surface area contributed by atoms with Crippen LogP contribution in [0.25, 0.3) is 0 Å². The summed E-state index contributed by atoms with van der Waals surface area (Å²) < 4.78 is 0. The number of hydrazine groups is 1. The molecule has 2 aliphatic heterocycles. The lowest BCUT2D eigenvalue weighted by Crippen LogP contribution is -2.38. The van der Waals surface area contributed by atoms with Gasteiger partial charge in [-0.3, -0.25) is 5.01 Å². The molecule has 2 aliphatic rings. The largest absolute Gasteiger partial charge is 0.550 e. The van der Waals surface area contributed by atoms with Crippen LogP contribution in [0.1, 0.15) is 39.0 Å². The zero-order chi connectivity index (χ0) is 11.1. The standard InChI is InChI=1S/C9H15N2.C2H4O2/c1-3-7-10-11-8-4-2-6-9(11)5-1;1-2(3)4/h10H,1-5,7-8H2;1H3,(H,3,4)/q+1;/p-1. The monoisotopic (exact) mass is 210 g/mol. The highest BCUT2D eigenvalue weighted by atomic mass is 16.4. The maximum absolute atomic E-state index is 8.89. The van der Waals surface area contributed by atoms with Crippen LogP contribution >= 0.6 is 0 Å². The summed E-state index contributed by atoms with van der Waals surface area (Å²) in [5.41, 5.74) is 4.83. The van der Waals surface area contributed by atoms with Gasteiger partial charge in [0.05, 0.1) is 0 Å². The van der Waals surface area contributed by atoms with E-state index in [4.69, 9.17) is 9.90 Å². The Balaban J connectivity index is 0.000000245. The van der Waals surface area contributed by atoms with E-state index in [1.165, 1.54) is 37.9 Å². The molecule has 1 fully saturated rings. The van der Waals surface area contributed by atoms with Gasteiger partial charge in [0, 0.05) is 31.9 Å². The second-order valence-electron chi connectivity index (χ2n) is 3.74. The summed E-state index contributed by atoms with van der Waals surface area (Å²) in [6.45, 7) is 3.30. The number of nitrogens with zero attached hydrogens (tertiary/aromatic N) is 1. The minimum atomic E-state index is -1.08. The first kappa shape index (κ1) is 12.0. The van der Waals surface area contributed by atoms with Crippen molar-refractivity contribution in [3.8, 4) is 0 Å². The molecule has 0 unspecified atom stereocenters. The molecule has 0 saturated carbocycles. The molecule has 15 heavy (non-hydrogen) atoms. The fraction of sp³-hybridized carbons (Fsp3) is 0.727. The van der Waals surface area contributed by atoms with Crippen LogP contribution in [-0.4, -0.2) is 24.1 Å². The van der Waals surface area contributed by atoms with Gasteiger partial charge in [-0.15, -0.1) is 0 Å². The molecule has 4 heteroatoms. The highest BCUT2D eigenvalue weighted by Gasteiger charge is 2.25. The van der Waals surface area contributed by atoms with E-state index in [1.807, 2.05) is 0 Å². The minimum absolute atomic E-state index is 0.972. The molecule has 2 heterocycles. The van der Waals surface area contributed by atoms with Crippen molar-refractivity contribution in [1.29, 1.82) is 0 Å². The van der Waals surface area contributed by atoms with Gasteiger partial charge in [0.1, 0.15) is 0 Å². The summed E-state index contributed by atoms with van der Waals surface area (Å²) in [6, 6.07) is 0. The lowest BCUT2D eigenvalue weighted by molar-refractivity contribution is -0.302. The van der Waals surface area contributed by atoms with Crippen molar-refractivity contribution in [3.05, 3.63) is 11.8 Å². The van der Waals surface area contributed by atoms with E-state index in [9.17, 15) is 0 Å². The number of hydrogen-bond donors (Lipinski definition) is 1. The van der Waals surface area contributed by atoms with Crippen LogP contribution in [0.2, 0.25) is 0 Å². The summed E-state index contributed by atoms with van der Waals surface area (Å²) in [7, 11) is 0. The van der Waals surface area contributed by atoms with E-state index >= 15 is 0 Å². The normalized spacial score (nSPS) is 19.8. The second kappa shape index (κ2) is 6.38. The van der Waals surface area contributed by atoms with Gasteiger partial charge in [-0.1, -0.05) is 0 Å². The third-order valence-corrected chi connectivity index (χ3v) is 2.36. The fourth-order valence-corrected chi connectivity index (χ4v) is 1.73. The van der Waals surface area contributed by atoms with Crippen LogP contribution in [0.3, 0.4) is 0 Å². The molecule has 0 radical (unpaired) electrons. The molecular weight excluding hydrogens is 192 g/mol. The summed E-state index contributed by atoms with van der Waals surface area (Å²) >= 11 is 0. The minimum Gasteiger partial charge on any atom is -0.550 e. The molecule has 1 saturated heterocycles. The molecule has 0 aromatic carbocycles. The first-order chi connectivity index (χ1) is 7.20. The number of carbonyl (C=O) groups is 1. The predicted molar refractivity (Wildman–Crippen MR) is 55.2 cm³/mol. The molecule has 0 atom stereocenters. The molecule has 0 amide bonds. The Morgan fingerprint density at radius 3 is 2.93 bits per heavy atom. The Hall–Kier alpha value is -1.12. The molecule has 4 nitrogen and oxygen atoms in total. The van der Waals surface area contributed by atoms with Crippen LogP contribution in [0.5, 0.6) is 0 Å². The van der Waals surface area contributed by atoms with Gasteiger partial charge in [-0.05, 0) is 19.8 Å². The smallest absolute Gasteiger partial charge is 0.270 e. The number of rotatable bonds is 0. The highest BCUT2D eigenvalue weighted by molar-refractivity contribution is 5.60. The number of nitrogens with one attached hydrogen (secondary N) is 1. The van der Waals surface area contributed by atoms with Crippen molar-refractivity contribution < 1.29 is 9.90 Å². The van der Waals surface area contributed by atoms with Crippen molar-refractivity contribution in [2.24, 2.45) is 0 Å². The topological polar surface area (TPSA) is 55.4 Å². The van der Waals surface area contributed by atoms with Crippen molar-refractivity contribution >= 4 is 5.97 Å². The van der Waals surface area contributed by atoms with E-state index in [-0.39, 0.29) is 0 Å². The van der Waals surface area contributed by atoms with Crippen LogP contribution < -0.4 is 10.5 Å². The molecule has 1 N–H and O–H groups in total. The second-order valence-corrected chi connectivity index (χ2v) is 3.74. The Morgan fingerprint density at radius 1 is 1.47 bits per heavy atom. The lowest BCUT2D eigenvalue weighted by atomic mass is 10.1. The molecule has 2 rings (SSSR count). The number of carboxylic acid groups (broad SMARTS) is 1. The van der Waals surface area contributed by atoms with Crippen molar-refractivity contribution in [2.45, 2.75) is 39.0 Å². The highest BCUT2D eigenvalue weighted by Crippen LogP contribution is 2.19. The first-order valence-corrected chi connectivity index (χ1v) is 5.48. The van der Waals surface area contributed by atoms with Crippen molar-refractivity contribution in [2.75, 3.05) is 13.1 Å². The van der Waals surface area contributed by atoms with Gasteiger partial charge in [0.2, 0.25) is 6.08 Å². The van der Waals surface area contributed by atoms with E-state index < -0.39 is 5.97 Å². The summed E-state index contributed by atoms with van der Waals surface area (Å²) in [6.07, 6.45) is 9.72. The van der Waals surface area contributed by atoms with E-state index in [0.29, 0.717) is 0 Å². The Bertz CT molecular complexity index is 235. The summed E-state index contributed by atoms with van der Waals surface area (Å²) in [4.78, 5) is 8.89. The van der Waals surface area contributed by atoms with E-state index in [2.05, 4.69) is 16.5 Å². The number of aliphatic carboxylic acids is 1. The molecule has 0 aromatic rings. The fourth-order valence-electron chi connectivity index (χ4n) is 1.73. The Morgan fingerprint density at radius 2 is 2.20 bits per heavy atom. The summed E-state index contributed by atoms with van der Waals surface area (Å²) in [5, 5.41) is 11.2. The lowest BCUT2D eigenvalue weighted by Gasteiger charge is -2.21. The van der Waals surface area contributed by atoms with Gasteiger partial charge in [-0.2, -0.15) is 0 Å². The van der Waals surface area contributed by atoms with Gasteiger partial charge >= 0.3 is 0 Å². The molecule has 84 valence electrons. The quantitative estimate of drug-likeness (QED) is 0.581. The zero-order valence-corrected chi connectivity index (χ0v) is 9.21. The molecule has 0 bridgehead atoms. The maximum atomic E-state index is 8.89. The first-order valence-electron chi connectivity index (χ1n) is 5.48. The number of fused-ring (bicyclic) bond motifs is 1. The van der Waals surface area contributed by atoms with E-state index in [1.54, 1.807) is 0 Å². The number of allylic oxidation sites excluding steroid dienone is 2. The molecule has 0 spiro atoms. The van der Waals surface area contributed by atoms with Crippen LogP contribution in [0.4, 0.5) is 0 Å². The predicted octanol–water partition coefficient (Wildman–Crippen LogP) is 0.214. The van der Waals surface area contributed by atoms with E-state index in [0.717, 1.165) is 19.9 Å². The zero-order valence-electron chi connectivity index (χ0n) is 9.21. The Labute approximate surface area is 90.9 Å². The SMILES string of the molecule is CC(=O)[O-].[C+]1=C2CCCCNN2CCC1. The maximum Gasteiger partial charge on any atom is 0.270 e. The van der Waals surface area contributed by atoms with Gasteiger partial charge in [0.15, 0.2) is 6.42 Å². The number of carboxylic acids is 1. The number of hydrogen-bond acceptors (Lipinski definition) is 4. The molecule has 0 aliphatic carbocycles. The average Bonchev–Trinajstić information content (AvgIpc) is 2.41. The number of carbonyl (C=O) groups excluding carboxylic acids is 1. The van der Waals surface area contributed by atoms with Crippen molar-refractivity contribution in [3.63, 3.8) is 0 Å². The third kappa shape index (κ3) is 4.77. The van der Waals surface area contributed by atoms with Crippen molar-refractivity contribution in [1.82, 2.24) is 10.4 Å². The molecular formula is C11H18N2O2. The van der Waals surface area contributed by atoms with Crippen LogP contribution in [0, 0.1) is 6.08 Å². The molecule has 0 aromatic heterocycles. The third-order valence-electron chi connectivity index (χ3n) is 2.36. The van der Waals surface area contributed by atoms with Crippen LogP contribution in [-0.2, 0) is 4.79 Å².